The topological polar surface area (TPSA) is 49.4 Å². The Labute approximate surface area is 169 Å². The van der Waals surface area contributed by atoms with Crippen LogP contribution in [-0.4, -0.2) is 28.3 Å². The van der Waals surface area contributed by atoms with E-state index in [2.05, 4.69) is 11.4 Å². The van der Waals surface area contributed by atoms with Crippen LogP contribution in [0.25, 0.3) is 0 Å². The smallest absolute Gasteiger partial charge is 0.243 e. The van der Waals surface area contributed by atoms with E-state index >= 15 is 0 Å². The second kappa shape index (κ2) is 9.54. The van der Waals surface area contributed by atoms with Crippen molar-refractivity contribution < 1.29 is 9.59 Å². The number of carbonyl (C=O) groups is 2. The number of hydrogen-bond acceptors (Lipinski definition) is 2. The number of amides is 2. The molecular weight excluding hydrogens is 348 g/mol. The van der Waals surface area contributed by atoms with Crippen LogP contribution in [0.4, 0.5) is 0 Å². The van der Waals surface area contributed by atoms with E-state index in [9.17, 15) is 9.59 Å². The number of nitrogens with one attached hydrogen (secondary N) is 1. The lowest BCUT2D eigenvalue weighted by Gasteiger charge is -2.33. The molecule has 0 aliphatic carbocycles. The van der Waals surface area contributed by atoms with Crippen molar-refractivity contribution in [1.82, 2.24) is 10.2 Å². The fraction of sp³-hybridized carbons (Fsp3) is 0.417. The van der Waals surface area contributed by atoms with Gasteiger partial charge in [-0.15, -0.1) is 0 Å². The summed E-state index contributed by atoms with van der Waals surface area (Å²) >= 11 is 0. The number of nitrogens with zero attached hydrogens (tertiary/aromatic N) is 1. The zero-order valence-corrected chi connectivity index (χ0v) is 17.7. The Kier molecular flexibility index (Phi) is 7.38. The Morgan fingerprint density at radius 1 is 1.00 bits per heavy atom. The molecule has 0 heterocycles. The minimum absolute atomic E-state index is 0.0383. The van der Waals surface area contributed by atoms with Crippen LogP contribution in [-0.2, 0) is 22.6 Å². The van der Waals surface area contributed by atoms with Gasteiger partial charge in [0.25, 0.3) is 0 Å². The third-order valence-electron chi connectivity index (χ3n) is 4.52. The van der Waals surface area contributed by atoms with Crippen LogP contribution in [0.3, 0.4) is 0 Å². The molecule has 4 heteroatoms. The largest absolute Gasteiger partial charge is 0.350 e. The van der Waals surface area contributed by atoms with E-state index in [1.807, 2.05) is 83.1 Å². The van der Waals surface area contributed by atoms with Gasteiger partial charge in [-0.05, 0) is 45.2 Å². The van der Waals surface area contributed by atoms with Crippen molar-refractivity contribution in [3.63, 3.8) is 0 Å². The van der Waals surface area contributed by atoms with Crippen LogP contribution in [0, 0.1) is 6.92 Å². The standard InChI is InChI=1S/C24H32N2O2/c1-6-21(23(28)25-24(3,4)5)26(17-20-14-10-11-18(2)15-20)22(27)16-19-12-8-7-9-13-19/h7-15,21H,6,16-17H2,1-5H3,(H,25,28). The van der Waals surface area contributed by atoms with Crippen molar-refractivity contribution in [2.24, 2.45) is 0 Å². The third-order valence-corrected chi connectivity index (χ3v) is 4.52. The van der Waals surface area contributed by atoms with Gasteiger partial charge in [0.15, 0.2) is 0 Å². The Balaban J connectivity index is 2.30. The maximum absolute atomic E-state index is 13.2. The molecule has 4 nitrogen and oxygen atoms in total. The second-order valence-electron chi connectivity index (χ2n) is 8.34. The number of hydrogen-bond donors (Lipinski definition) is 1. The quantitative estimate of drug-likeness (QED) is 0.780. The summed E-state index contributed by atoms with van der Waals surface area (Å²) in [7, 11) is 0. The molecule has 0 aromatic heterocycles. The normalized spacial score (nSPS) is 12.3. The van der Waals surface area contributed by atoms with Crippen molar-refractivity contribution in [3.05, 3.63) is 71.3 Å². The minimum Gasteiger partial charge on any atom is -0.350 e. The number of carbonyl (C=O) groups excluding carboxylic acids is 2. The van der Waals surface area contributed by atoms with E-state index in [0.29, 0.717) is 13.0 Å². The van der Waals surface area contributed by atoms with Crippen LogP contribution in [0.2, 0.25) is 0 Å². The van der Waals surface area contributed by atoms with E-state index in [-0.39, 0.29) is 23.8 Å². The molecule has 1 atom stereocenters. The van der Waals surface area contributed by atoms with E-state index in [1.54, 1.807) is 4.90 Å². The molecule has 0 fully saturated rings. The van der Waals surface area contributed by atoms with Crippen LogP contribution in [0.1, 0.15) is 50.8 Å². The summed E-state index contributed by atoms with van der Waals surface area (Å²) in [5.41, 5.74) is 2.78. The van der Waals surface area contributed by atoms with Gasteiger partial charge in [-0.2, -0.15) is 0 Å². The van der Waals surface area contributed by atoms with Gasteiger partial charge in [-0.1, -0.05) is 67.1 Å². The summed E-state index contributed by atoms with van der Waals surface area (Å²) in [5.74, 6) is -0.146. The molecule has 2 rings (SSSR count). The summed E-state index contributed by atoms with van der Waals surface area (Å²) < 4.78 is 0. The predicted molar refractivity (Wildman–Crippen MR) is 114 cm³/mol. The van der Waals surface area contributed by atoms with Gasteiger partial charge < -0.3 is 10.2 Å². The van der Waals surface area contributed by atoms with Crippen LogP contribution >= 0.6 is 0 Å². The number of rotatable bonds is 7. The fourth-order valence-electron chi connectivity index (χ4n) is 3.25. The number of aryl methyl sites for hydroxylation is 1. The van der Waals surface area contributed by atoms with E-state index < -0.39 is 6.04 Å². The second-order valence-corrected chi connectivity index (χ2v) is 8.34. The Morgan fingerprint density at radius 3 is 2.21 bits per heavy atom. The lowest BCUT2D eigenvalue weighted by Crippen LogP contribution is -2.53. The number of benzene rings is 2. The molecule has 1 unspecified atom stereocenters. The van der Waals surface area contributed by atoms with Gasteiger partial charge in [0.1, 0.15) is 6.04 Å². The van der Waals surface area contributed by atoms with Crippen molar-refractivity contribution >= 4 is 11.8 Å². The van der Waals surface area contributed by atoms with Gasteiger partial charge in [-0.25, -0.2) is 0 Å². The predicted octanol–water partition coefficient (Wildman–Crippen LogP) is 4.26. The Morgan fingerprint density at radius 2 is 1.64 bits per heavy atom. The zero-order chi connectivity index (χ0) is 20.7. The highest BCUT2D eigenvalue weighted by atomic mass is 16.2. The van der Waals surface area contributed by atoms with Gasteiger partial charge in [0.05, 0.1) is 6.42 Å². The van der Waals surface area contributed by atoms with Gasteiger partial charge in [-0.3, -0.25) is 9.59 Å². The summed E-state index contributed by atoms with van der Waals surface area (Å²) in [6, 6.07) is 17.3. The average molecular weight is 381 g/mol. The van der Waals surface area contributed by atoms with E-state index in [1.165, 1.54) is 0 Å². The molecule has 0 aliphatic rings. The highest BCUT2D eigenvalue weighted by molar-refractivity contribution is 5.88. The highest BCUT2D eigenvalue weighted by Crippen LogP contribution is 2.16. The first-order valence-corrected chi connectivity index (χ1v) is 9.90. The lowest BCUT2D eigenvalue weighted by atomic mass is 10.0. The van der Waals surface area contributed by atoms with Crippen molar-refractivity contribution in [1.29, 1.82) is 0 Å². The van der Waals surface area contributed by atoms with Crippen LogP contribution in [0.15, 0.2) is 54.6 Å². The van der Waals surface area contributed by atoms with E-state index in [4.69, 9.17) is 0 Å². The fourth-order valence-corrected chi connectivity index (χ4v) is 3.25. The van der Waals surface area contributed by atoms with Crippen molar-refractivity contribution in [2.75, 3.05) is 0 Å². The molecule has 0 spiro atoms. The average Bonchev–Trinajstić information content (AvgIpc) is 2.61. The van der Waals surface area contributed by atoms with Crippen LogP contribution in [0.5, 0.6) is 0 Å². The first kappa shape index (κ1) is 21.7. The molecule has 0 bridgehead atoms. The van der Waals surface area contributed by atoms with Crippen molar-refractivity contribution in [3.8, 4) is 0 Å². The van der Waals surface area contributed by atoms with Gasteiger partial charge in [0.2, 0.25) is 11.8 Å². The molecule has 2 aromatic rings. The summed E-state index contributed by atoms with van der Waals surface area (Å²) in [6.45, 7) is 10.3. The Hall–Kier alpha value is -2.62. The maximum atomic E-state index is 13.2. The molecule has 0 radical (unpaired) electrons. The lowest BCUT2D eigenvalue weighted by molar-refractivity contribution is -0.141. The Bertz CT molecular complexity index is 794. The summed E-state index contributed by atoms with van der Waals surface area (Å²) in [5, 5.41) is 3.03. The molecule has 0 saturated carbocycles. The minimum atomic E-state index is -0.504. The molecule has 0 aliphatic heterocycles. The summed E-state index contributed by atoms with van der Waals surface area (Å²) in [4.78, 5) is 27.9. The zero-order valence-electron chi connectivity index (χ0n) is 17.7. The maximum Gasteiger partial charge on any atom is 0.243 e. The van der Waals surface area contributed by atoms with E-state index in [0.717, 1.165) is 16.7 Å². The first-order valence-electron chi connectivity index (χ1n) is 9.90. The molecular formula is C24H32N2O2. The van der Waals surface area contributed by atoms with Gasteiger partial charge in [0, 0.05) is 12.1 Å². The van der Waals surface area contributed by atoms with Crippen molar-refractivity contribution in [2.45, 2.75) is 65.6 Å². The SMILES string of the molecule is CCC(C(=O)NC(C)(C)C)N(Cc1cccc(C)c1)C(=O)Cc1ccccc1. The molecule has 150 valence electrons. The first-order chi connectivity index (χ1) is 13.2. The van der Waals surface area contributed by atoms with Gasteiger partial charge >= 0.3 is 0 Å². The summed E-state index contributed by atoms with van der Waals surface area (Å²) in [6.07, 6.45) is 0.847. The molecule has 2 amide bonds. The monoisotopic (exact) mass is 380 g/mol. The molecule has 2 aromatic carbocycles. The van der Waals surface area contributed by atoms with Crippen LogP contribution < -0.4 is 5.32 Å². The molecule has 0 saturated heterocycles. The third kappa shape index (κ3) is 6.52. The molecule has 1 N–H and O–H groups in total. The highest BCUT2D eigenvalue weighted by Gasteiger charge is 2.30. The molecule has 28 heavy (non-hydrogen) atoms.